The first kappa shape index (κ1) is 14.2. The molecule has 0 spiro atoms. The van der Waals surface area contributed by atoms with Gasteiger partial charge in [0.25, 0.3) is 0 Å². The summed E-state index contributed by atoms with van der Waals surface area (Å²) in [5.41, 5.74) is 2.49. The molecule has 1 aliphatic heterocycles. The minimum absolute atomic E-state index is 0.325. The van der Waals surface area contributed by atoms with Gasteiger partial charge < -0.3 is 5.32 Å². The van der Waals surface area contributed by atoms with E-state index >= 15 is 0 Å². The summed E-state index contributed by atoms with van der Waals surface area (Å²) >= 11 is 1.94. The molecule has 19 heavy (non-hydrogen) atoms. The molecular weight excluding hydrogens is 252 g/mol. The number of nitrogens with zero attached hydrogens (tertiary/aromatic N) is 1. The molecule has 0 aliphatic carbocycles. The van der Waals surface area contributed by atoms with E-state index in [9.17, 15) is 0 Å². The highest BCUT2D eigenvalue weighted by atomic mass is 32.2. The third-order valence-electron chi connectivity index (χ3n) is 3.53. The Bertz CT molecular complexity index is 474. The number of thioether (sulfide) groups is 1. The maximum Gasteiger partial charge on any atom is 0.0883 e. The van der Waals surface area contributed by atoms with Crippen molar-refractivity contribution in [3.8, 4) is 0 Å². The van der Waals surface area contributed by atoms with Crippen molar-refractivity contribution in [2.45, 2.75) is 43.9 Å². The largest absolute Gasteiger partial charge is 0.369 e. The number of nitrogens with one attached hydrogen (secondary N) is 1. The van der Waals surface area contributed by atoms with Gasteiger partial charge in [0.05, 0.1) is 12.4 Å². The van der Waals surface area contributed by atoms with Crippen LogP contribution < -0.4 is 5.32 Å². The first-order valence-electron chi connectivity index (χ1n) is 6.83. The normalized spacial score (nSPS) is 20.1. The first-order valence-corrected chi connectivity index (χ1v) is 7.70. The van der Waals surface area contributed by atoms with E-state index in [-0.39, 0.29) is 0 Å². The van der Waals surface area contributed by atoms with Crippen molar-refractivity contribution in [2.24, 2.45) is 10.9 Å². The SMILES string of the molecule is CC1NC=NC=C1c1ccc(S[C@@H](C)C(C)C)cc1. The third kappa shape index (κ3) is 3.63. The summed E-state index contributed by atoms with van der Waals surface area (Å²) in [6.07, 6.45) is 3.70. The van der Waals surface area contributed by atoms with Gasteiger partial charge in [-0.25, -0.2) is 4.99 Å². The van der Waals surface area contributed by atoms with Gasteiger partial charge in [0.15, 0.2) is 0 Å². The summed E-state index contributed by atoms with van der Waals surface area (Å²) in [4.78, 5) is 5.51. The Morgan fingerprint density at radius 1 is 1.16 bits per heavy atom. The van der Waals surface area contributed by atoms with Crippen LogP contribution in [0.3, 0.4) is 0 Å². The second kappa shape index (κ2) is 6.29. The van der Waals surface area contributed by atoms with Crippen LogP contribution in [0, 0.1) is 5.92 Å². The van der Waals surface area contributed by atoms with E-state index in [0.29, 0.717) is 17.2 Å². The average Bonchev–Trinajstić information content (AvgIpc) is 2.40. The minimum Gasteiger partial charge on any atom is -0.369 e. The van der Waals surface area contributed by atoms with Gasteiger partial charge in [0, 0.05) is 16.3 Å². The van der Waals surface area contributed by atoms with Crippen molar-refractivity contribution in [1.29, 1.82) is 0 Å². The van der Waals surface area contributed by atoms with Crippen molar-refractivity contribution in [1.82, 2.24) is 5.32 Å². The molecule has 2 rings (SSSR count). The molecule has 1 unspecified atom stereocenters. The summed E-state index contributed by atoms with van der Waals surface area (Å²) in [6, 6.07) is 9.14. The fourth-order valence-corrected chi connectivity index (χ4v) is 2.87. The lowest BCUT2D eigenvalue weighted by Crippen LogP contribution is -2.27. The molecule has 0 saturated carbocycles. The van der Waals surface area contributed by atoms with Crippen LogP contribution in [-0.4, -0.2) is 17.6 Å². The lowest BCUT2D eigenvalue weighted by atomic mass is 10.0. The average molecular weight is 274 g/mol. The van der Waals surface area contributed by atoms with E-state index in [2.05, 4.69) is 62.3 Å². The summed E-state index contributed by atoms with van der Waals surface area (Å²) in [5.74, 6) is 0.698. The van der Waals surface area contributed by atoms with Gasteiger partial charge in [-0.15, -0.1) is 11.8 Å². The van der Waals surface area contributed by atoms with Gasteiger partial charge in [-0.2, -0.15) is 0 Å². The molecule has 1 aromatic rings. The Labute approximate surface area is 120 Å². The smallest absolute Gasteiger partial charge is 0.0883 e. The van der Waals surface area contributed by atoms with E-state index < -0.39 is 0 Å². The molecule has 3 heteroatoms. The van der Waals surface area contributed by atoms with Crippen LogP contribution in [0.25, 0.3) is 5.57 Å². The summed E-state index contributed by atoms with van der Waals surface area (Å²) < 4.78 is 0. The Hall–Kier alpha value is -1.22. The predicted molar refractivity (Wildman–Crippen MR) is 85.7 cm³/mol. The number of hydrogen-bond acceptors (Lipinski definition) is 3. The van der Waals surface area contributed by atoms with Crippen LogP contribution in [0.1, 0.15) is 33.3 Å². The molecule has 0 amide bonds. The van der Waals surface area contributed by atoms with Crippen molar-refractivity contribution in [3.63, 3.8) is 0 Å². The van der Waals surface area contributed by atoms with Crippen LogP contribution >= 0.6 is 11.8 Å². The van der Waals surface area contributed by atoms with Crippen molar-refractivity contribution < 1.29 is 0 Å². The van der Waals surface area contributed by atoms with Crippen LogP contribution in [0.2, 0.25) is 0 Å². The molecule has 0 bridgehead atoms. The van der Waals surface area contributed by atoms with E-state index in [1.54, 1.807) is 6.34 Å². The molecule has 0 saturated heterocycles. The quantitative estimate of drug-likeness (QED) is 0.833. The molecule has 102 valence electrons. The topological polar surface area (TPSA) is 24.4 Å². The highest BCUT2D eigenvalue weighted by Crippen LogP contribution is 2.29. The van der Waals surface area contributed by atoms with Gasteiger partial charge >= 0.3 is 0 Å². The van der Waals surface area contributed by atoms with Gasteiger partial charge in [-0.3, -0.25) is 0 Å². The lowest BCUT2D eigenvalue weighted by Gasteiger charge is -2.19. The zero-order valence-corrected chi connectivity index (χ0v) is 12.9. The maximum atomic E-state index is 4.18. The molecule has 1 aliphatic rings. The fraction of sp³-hybridized carbons (Fsp3) is 0.438. The van der Waals surface area contributed by atoms with Crippen LogP contribution in [0.5, 0.6) is 0 Å². The number of rotatable bonds is 4. The highest BCUT2D eigenvalue weighted by molar-refractivity contribution is 8.00. The Morgan fingerprint density at radius 2 is 1.84 bits per heavy atom. The zero-order valence-electron chi connectivity index (χ0n) is 12.1. The summed E-state index contributed by atoms with van der Waals surface area (Å²) in [5, 5.41) is 3.87. The molecule has 1 N–H and O–H groups in total. The Morgan fingerprint density at radius 3 is 2.42 bits per heavy atom. The summed E-state index contributed by atoms with van der Waals surface area (Å²) in [7, 11) is 0. The molecule has 0 radical (unpaired) electrons. The van der Waals surface area contributed by atoms with Gasteiger partial charge in [-0.05, 0) is 36.1 Å². The molecule has 0 fully saturated rings. The van der Waals surface area contributed by atoms with Gasteiger partial charge in [0.2, 0.25) is 0 Å². The van der Waals surface area contributed by atoms with Crippen molar-refractivity contribution >= 4 is 23.7 Å². The first-order chi connectivity index (χ1) is 9.08. The predicted octanol–water partition coefficient (Wildman–Crippen LogP) is 4.18. The van der Waals surface area contributed by atoms with Gasteiger partial charge in [0.1, 0.15) is 0 Å². The molecule has 0 aromatic heterocycles. The molecule has 2 atom stereocenters. The second-order valence-electron chi connectivity index (χ2n) is 5.34. The molecular formula is C16H22N2S. The third-order valence-corrected chi connectivity index (χ3v) is 4.99. The minimum atomic E-state index is 0.325. The van der Waals surface area contributed by atoms with Crippen LogP contribution in [-0.2, 0) is 0 Å². The van der Waals surface area contributed by atoms with Gasteiger partial charge in [-0.1, -0.05) is 32.9 Å². The number of aliphatic imine (C=N–C) groups is 1. The molecule has 1 heterocycles. The van der Waals surface area contributed by atoms with Crippen molar-refractivity contribution in [3.05, 3.63) is 36.0 Å². The second-order valence-corrected chi connectivity index (χ2v) is 6.79. The number of hydrogen-bond donors (Lipinski definition) is 1. The standard InChI is InChI=1S/C16H22N2S/c1-11(2)13(4)19-15-7-5-14(6-8-15)16-9-17-10-18-12(16)3/h5-13H,1-4H3,(H,17,18)/t12?,13-/m0/s1. The van der Waals surface area contributed by atoms with E-state index in [1.807, 2.05) is 18.0 Å². The summed E-state index contributed by atoms with van der Waals surface area (Å²) in [6.45, 7) is 8.97. The Kier molecular flexibility index (Phi) is 4.70. The monoisotopic (exact) mass is 274 g/mol. The fourth-order valence-electron chi connectivity index (χ4n) is 1.88. The highest BCUT2D eigenvalue weighted by Gasteiger charge is 2.13. The van der Waals surface area contributed by atoms with Crippen LogP contribution in [0.4, 0.5) is 0 Å². The van der Waals surface area contributed by atoms with Crippen molar-refractivity contribution in [2.75, 3.05) is 0 Å². The number of benzene rings is 1. The van der Waals surface area contributed by atoms with E-state index in [0.717, 1.165) is 0 Å². The maximum absolute atomic E-state index is 4.18. The van der Waals surface area contributed by atoms with E-state index in [4.69, 9.17) is 0 Å². The lowest BCUT2D eigenvalue weighted by molar-refractivity contribution is 0.642. The zero-order chi connectivity index (χ0) is 13.8. The van der Waals surface area contributed by atoms with Crippen LogP contribution in [0.15, 0.2) is 40.4 Å². The molecule has 2 nitrogen and oxygen atoms in total. The van der Waals surface area contributed by atoms with E-state index in [1.165, 1.54) is 16.0 Å². The molecule has 1 aromatic carbocycles. The Balaban J connectivity index is 2.10.